The number of aliphatic hydroxyl groups excluding tert-OH is 1. The molecule has 0 unspecified atom stereocenters. The lowest BCUT2D eigenvalue weighted by atomic mass is 9.96. The van der Waals surface area contributed by atoms with Gasteiger partial charge < -0.3 is 15.5 Å². The topological polar surface area (TPSA) is 82.5 Å². The van der Waals surface area contributed by atoms with E-state index in [1.54, 1.807) is 0 Å². The first-order chi connectivity index (χ1) is 10.4. The number of amides is 1. The molecule has 0 fully saturated rings. The highest BCUT2D eigenvalue weighted by atomic mass is 79.9. The smallest absolute Gasteiger partial charge is 0.405 e. The molecule has 0 saturated heterocycles. The molecule has 1 aromatic heterocycles. The second kappa shape index (κ2) is 6.80. The molecule has 0 spiro atoms. The van der Waals surface area contributed by atoms with Gasteiger partial charge >= 0.3 is 6.09 Å². The van der Waals surface area contributed by atoms with Crippen LogP contribution in [-0.2, 0) is 0 Å². The van der Waals surface area contributed by atoms with Gasteiger partial charge in [-0.3, -0.25) is 0 Å². The zero-order valence-corrected chi connectivity index (χ0v) is 12.6. The van der Waals surface area contributed by atoms with Crippen LogP contribution in [-0.4, -0.2) is 21.3 Å². The molecule has 0 saturated carbocycles. The molecule has 8 heteroatoms. The summed E-state index contributed by atoms with van der Waals surface area (Å²) in [7, 11) is 0. The predicted molar refractivity (Wildman–Crippen MR) is 77.2 cm³/mol. The average Bonchev–Trinajstić information content (AvgIpc) is 2.47. The van der Waals surface area contributed by atoms with Gasteiger partial charge in [-0.1, -0.05) is 18.2 Å². The predicted octanol–water partition coefficient (Wildman–Crippen LogP) is 3.16. The minimum Gasteiger partial charge on any atom is -0.465 e. The van der Waals surface area contributed by atoms with Gasteiger partial charge in [0.15, 0.2) is 0 Å². The minimum atomic E-state index is -1.61. The monoisotopic (exact) mass is 372 g/mol. The summed E-state index contributed by atoms with van der Waals surface area (Å²) in [5.74, 6) is -1.54. The molecule has 22 heavy (non-hydrogen) atoms. The third-order valence-corrected chi connectivity index (χ3v) is 3.44. The first kappa shape index (κ1) is 16.3. The summed E-state index contributed by atoms with van der Waals surface area (Å²) in [5.41, 5.74) is -0.298. The Hall–Kier alpha value is -2.06. The maximum absolute atomic E-state index is 13.9. The summed E-state index contributed by atoms with van der Waals surface area (Å²) in [5, 5.41) is 21.2. The van der Waals surface area contributed by atoms with E-state index in [1.165, 1.54) is 24.3 Å². The van der Waals surface area contributed by atoms with Crippen molar-refractivity contribution in [2.45, 2.75) is 12.1 Å². The Kier molecular flexibility index (Phi) is 5.04. The lowest BCUT2D eigenvalue weighted by molar-refractivity contribution is 0.115. The summed E-state index contributed by atoms with van der Waals surface area (Å²) in [4.78, 5) is 14.6. The zero-order valence-electron chi connectivity index (χ0n) is 11.0. The van der Waals surface area contributed by atoms with Crippen LogP contribution in [0.2, 0.25) is 0 Å². The van der Waals surface area contributed by atoms with E-state index in [0.717, 1.165) is 12.3 Å². The van der Waals surface area contributed by atoms with E-state index in [-0.39, 0.29) is 15.7 Å². The number of aliphatic hydroxyl groups is 1. The number of benzene rings is 1. The van der Waals surface area contributed by atoms with Crippen LogP contribution in [0.25, 0.3) is 0 Å². The third kappa shape index (κ3) is 3.58. The van der Waals surface area contributed by atoms with Gasteiger partial charge in [0.25, 0.3) is 0 Å². The van der Waals surface area contributed by atoms with E-state index in [1.807, 2.05) is 5.32 Å². The molecule has 1 aromatic carbocycles. The lowest BCUT2D eigenvalue weighted by Gasteiger charge is -2.24. The Morgan fingerprint density at radius 2 is 1.91 bits per heavy atom. The van der Waals surface area contributed by atoms with Crippen LogP contribution in [0.3, 0.4) is 0 Å². The fourth-order valence-electron chi connectivity index (χ4n) is 2.02. The largest absolute Gasteiger partial charge is 0.465 e. The van der Waals surface area contributed by atoms with Crippen LogP contribution in [0, 0.1) is 11.6 Å². The Morgan fingerprint density at radius 3 is 2.55 bits per heavy atom. The molecule has 2 rings (SSSR count). The van der Waals surface area contributed by atoms with E-state index < -0.39 is 29.9 Å². The van der Waals surface area contributed by atoms with Crippen molar-refractivity contribution in [3.63, 3.8) is 0 Å². The van der Waals surface area contributed by atoms with Crippen LogP contribution in [0.1, 0.15) is 23.3 Å². The summed E-state index contributed by atoms with van der Waals surface area (Å²) in [6, 6.07) is 5.15. The molecule has 1 heterocycles. The number of pyridine rings is 1. The van der Waals surface area contributed by atoms with Gasteiger partial charge in [0.1, 0.15) is 22.3 Å². The Bertz CT molecular complexity index is 700. The number of carbonyl (C=O) groups is 1. The molecular weight excluding hydrogens is 362 g/mol. The highest BCUT2D eigenvalue weighted by Gasteiger charge is 2.29. The molecule has 0 bridgehead atoms. The van der Waals surface area contributed by atoms with E-state index in [9.17, 15) is 18.7 Å². The van der Waals surface area contributed by atoms with E-state index in [4.69, 9.17) is 5.11 Å². The second-order valence-electron chi connectivity index (χ2n) is 4.42. The molecule has 2 atom stereocenters. The number of hydrogen-bond donors (Lipinski definition) is 3. The summed E-state index contributed by atoms with van der Waals surface area (Å²) < 4.78 is 28.0. The van der Waals surface area contributed by atoms with Crippen LogP contribution in [0.15, 0.2) is 41.1 Å². The van der Waals surface area contributed by atoms with Gasteiger partial charge in [-0.05, 0) is 28.1 Å². The average molecular weight is 373 g/mol. The molecular formula is C14H11BrF2N2O3. The van der Waals surface area contributed by atoms with Gasteiger partial charge in [0.05, 0.1) is 12.2 Å². The number of hydrogen-bond acceptors (Lipinski definition) is 3. The van der Waals surface area contributed by atoms with Crippen molar-refractivity contribution < 1.29 is 23.8 Å². The van der Waals surface area contributed by atoms with Gasteiger partial charge in [0.2, 0.25) is 0 Å². The number of nitrogens with zero attached hydrogens (tertiary/aromatic N) is 1. The summed E-state index contributed by atoms with van der Waals surface area (Å²) in [6.45, 7) is 0. The molecule has 0 radical (unpaired) electrons. The van der Waals surface area contributed by atoms with Crippen molar-refractivity contribution in [2.24, 2.45) is 0 Å². The fourth-order valence-corrected chi connectivity index (χ4v) is 2.37. The molecule has 116 valence electrons. The molecule has 0 aliphatic rings. The Labute approximate surface area is 132 Å². The summed E-state index contributed by atoms with van der Waals surface area (Å²) >= 11 is 3.04. The standard InChI is InChI=1S/C14H11BrF2N2O3/c15-11-5-8(10(17)6-18-11)12(19-14(21)22)13(20)7-3-1-2-4-9(7)16/h1-6,12-13,19-20H,(H,21,22)/t12-,13-/m1/s1. The van der Waals surface area contributed by atoms with Crippen molar-refractivity contribution in [2.75, 3.05) is 0 Å². The SMILES string of the molecule is O=C(O)N[C@H](c1cc(Br)ncc1F)[C@H](O)c1ccccc1F. The number of halogens is 3. The van der Waals surface area contributed by atoms with E-state index in [0.29, 0.717) is 0 Å². The van der Waals surface area contributed by atoms with Gasteiger partial charge in [-0.15, -0.1) is 0 Å². The third-order valence-electron chi connectivity index (χ3n) is 3.01. The maximum Gasteiger partial charge on any atom is 0.405 e. The van der Waals surface area contributed by atoms with E-state index in [2.05, 4.69) is 20.9 Å². The second-order valence-corrected chi connectivity index (χ2v) is 5.23. The Morgan fingerprint density at radius 1 is 1.23 bits per heavy atom. The van der Waals surface area contributed by atoms with Crippen LogP contribution in [0.4, 0.5) is 13.6 Å². The number of rotatable bonds is 4. The lowest BCUT2D eigenvalue weighted by Crippen LogP contribution is -2.32. The highest BCUT2D eigenvalue weighted by Crippen LogP contribution is 2.32. The molecule has 1 amide bonds. The van der Waals surface area contributed by atoms with Crippen LogP contribution in [0.5, 0.6) is 0 Å². The zero-order chi connectivity index (χ0) is 16.3. The normalized spacial score (nSPS) is 13.5. The fraction of sp³-hybridized carbons (Fsp3) is 0.143. The van der Waals surface area contributed by atoms with Gasteiger partial charge in [0, 0.05) is 11.1 Å². The minimum absolute atomic E-state index is 0.145. The molecule has 5 nitrogen and oxygen atoms in total. The van der Waals surface area contributed by atoms with Crippen molar-refractivity contribution in [1.82, 2.24) is 10.3 Å². The van der Waals surface area contributed by atoms with Crippen molar-refractivity contribution in [1.29, 1.82) is 0 Å². The molecule has 0 aliphatic carbocycles. The molecule has 3 N–H and O–H groups in total. The molecule has 0 aliphatic heterocycles. The summed E-state index contributed by atoms with van der Waals surface area (Å²) in [6.07, 6.45) is -2.21. The Balaban J connectivity index is 2.48. The van der Waals surface area contributed by atoms with Crippen molar-refractivity contribution in [3.05, 3.63) is 63.9 Å². The number of aromatic nitrogens is 1. The molecule has 2 aromatic rings. The van der Waals surface area contributed by atoms with Gasteiger partial charge in [-0.2, -0.15) is 0 Å². The first-order valence-corrected chi connectivity index (χ1v) is 6.92. The maximum atomic E-state index is 13.9. The van der Waals surface area contributed by atoms with Crippen molar-refractivity contribution in [3.8, 4) is 0 Å². The highest BCUT2D eigenvalue weighted by molar-refractivity contribution is 9.10. The van der Waals surface area contributed by atoms with Crippen LogP contribution < -0.4 is 5.32 Å². The van der Waals surface area contributed by atoms with Crippen LogP contribution >= 0.6 is 15.9 Å². The van der Waals surface area contributed by atoms with Gasteiger partial charge in [-0.25, -0.2) is 18.6 Å². The first-order valence-electron chi connectivity index (χ1n) is 6.13. The number of carboxylic acid groups (broad SMARTS) is 1. The van der Waals surface area contributed by atoms with E-state index >= 15 is 0 Å². The number of nitrogens with one attached hydrogen (secondary N) is 1. The quantitative estimate of drug-likeness (QED) is 0.719. The van der Waals surface area contributed by atoms with Crippen molar-refractivity contribution >= 4 is 22.0 Å².